The maximum atomic E-state index is 14.1. The summed E-state index contributed by atoms with van der Waals surface area (Å²) in [6.07, 6.45) is 10.9. The van der Waals surface area contributed by atoms with E-state index in [1.165, 1.54) is 29.8 Å². The summed E-state index contributed by atoms with van der Waals surface area (Å²) in [5.41, 5.74) is 2.82. The van der Waals surface area contributed by atoms with E-state index in [1.807, 2.05) is 13.0 Å². The molecule has 0 N–H and O–H groups in total. The maximum absolute atomic E-state index is 14.1. The van der Waals surface area contributed by atoms with Crippen molar-refractivity contribution in [3.05, 3.63) is 62.9 Å². The molecule has 2 aromatic rings. The van der Waals surface area contributed by atoms with E-state index in [9.17, 15) is 14.4 Å². The zero-order valence-electron chi connectivity index (χ0n) is 20.5. The molecule has 7 nitrogen and oxygen atoms in total. The van der Waals surface area contributed by atoms with Gasteiger partial charge in [-0.1, -0.05) is 29.1 Å². The Bertz CT molecular complexity index is 1270. The molecule has 0 aliphatic heterocycles. The number of halogens is 2. The molecular weight excluding hydrogens is 535 g/mol. The predicted molar refractivity (Wildman–Crippen MR) is 145 cm³/mol. The maximum Gasteiger partial charge on any atom is 0.335 e. The Morgan fingerprint density at radius 3 is 2.57 bits per heavy atom. The minimum atomic E-state index is -0.588. The van der Waals surface area contributed by atoms with Gasteiger partial charge in [0.1, 0.15) is 0 Å². The fourth-order valence-electron chi connectivity index (χ4n) is 3.85. The second kappa shape index (κ2) is 13.5. The normalized spacial score (nSPS) is 13.1. The molecule has 0 fully saturated rings. The lowest BCUT2D eigenvalue weighted by Gasteiger charge is -2.29. The van der Waals surface area contributed by atoms with Crippen molar-refractivity contribution in [1.29, 1.82) is 0 Å². The number of aromatic nitrogens is 1. The van der Waals surface area contributed by atoms with Crippen LogP contribution in [0.1, 0.15) is 36.8 Å². The van der Waals surface area contributed by atoms with Crippen molar-refractivity contribution in [1.82, 2.24) is 4.98 Å². The third-order valence-corrected chi connectivity index (χ3v) is 7.60. The minimum Gasteiger partial charge on any atom is -0.468 e. The molecule has 0 unspecified atom stereocenters. The number of nitrogens with zero attached hydrogens (tertiary/aromatic N) is 2. The topological polar surface area (TPSA) is 85.8 Å². The molecule has 0 spiro atoms. The van der Waals surface area contributed by atoms with Crippen LogP contribution in [-0.2, 0) is 30.4 Å². The lowest BCUT2D eigenvalue weighted by molar-refractivity contribution is -0.138. The summed E-state index contributed by atoms with van der Waals surface area (Å²) in [6, 6.07) is 5.05. The quantitative estimate of drug-likeness (QED) is 0.226. The van der Waals surface area contributed by atoms with E-state index >= 15 is 0 Å². The van der Waals surface area contributed by atoms with E-state index in [4.69, 9.17) is 39.1 Å². The van der Waals surface area contributed by atoms with Crippen LogP contribution in [0, 0.1) is 19.3 Å². The molecule has 0 atom stereocenters. The van der Waals surface area contributed by atoms with Gasteiger partial charge in [0.05, 0.1) is 35.1 Å². The van der Waals surface area contributed by atoms with E-state index < -0.39 is 11.9 Å². The molecule has 1 amide bonds. The van der Waals surface area contributed by atoms with Gasteiger partial charge >= 0.3 is 11.9 Å². The Labute approximate surface area is 230 Å². The van der Waals surface area contributed by atoms with Gasteiger partial charge in [-0.3, -0.25) is 14.6 Å². The van der Waals surface area contributed by atoms with Crippen LogP contribution in [0.4, 0.5) is 5.69 Å². The Morgan fingerprint density at radius 2 is 1.89 bits per heavy atom. The first-order valence-electron chi connectivity index (χ1n) is 11.5. The first kappa shape index (κ1) is 28.6. The molecule has 10 heteroatoms. The fourth-order valence-corrected chi connectivity index (χ4v) is 5.29. The number of rotatable bonds is 9. The first-order chi connectivity index (χ1) is 17.8. The van der Waals surface area contributed by atoms with Gasteiger partial charge in [-0.2, -0.15) is 0 Å². The monoisotopic (exact) mass is 560 g/mol. The number of terminal acetylenes is 1. The van der Waals surface area contributed by atoms with Crippen molar-refractivity contribution in [2.45, 2.75) is 44.0 Å². The van der Waals surface area contributed by atoms with E-state index in [2.05, 4.69) is 10.9 Å². The standard InChI is InChI=1S/C27H26Cl2N2O5S/c1-4-11-36-27(34)20-8-6-5-7-19(20)26(33)31(15-18-14-30-10-9-17(18)2)23-13-24(22(29)12-21(23)28)37-16-25(32)35-3/h1,9-10,12-14H,5-8,11,15-16H2,2-3H3. The summed E-state index contributed by atoms with van der Waals surface area (Å²) in [6.45, 7) is 1.90. The lowest BCUT2D eigenvalue weighted by Crippen LogP contribution is -2.34. The summed E-state index contributed by atoms with van der Waals surface area (Å²) in [7, 11) is 1.30. The highest BCUT2D eigenvalue weighted by atomic mass is 35.5. The number of benzene rings is 1. The molecule has 1 heterocycles. The molecule has 0 radical (unpaired) electrons. The van der Waals surface area contributed by atoms with E-state index in [0.29, 0.717) is 39.6 Å². The number of thioether (sulfide) groups is 1. The van der Waals surface area contributed by atoms with Crippen LogP contribution in [0.2, 0.25) is 10.0 Å². The number of anilines is 1. The Balaban J connectivity index is 2.10. The number of methoxy groups -OCH3 is 1. The van der Waals surface area contributed by atoms with Crippen LogP contribution in [0.15, 0.2) is 46.6 Å². The number of pyridine rings is 1. The molecule has 3 rings (SSSR count). The number of carbonyl (C=O) groups excluding carboxylic acids is 3. The lowest BCUT2D eigenvalue weighted by atomic mass is 9.90. The number of carbonyl (C=O) groups is 3. The summed E-state index contributed by atoms with van der Waals surface area (Å²) in [4.78, 5) is 44.8. The van der Waals surface area contributed by atoms with Crippen molar-refractivity contribution < 1.29 is 23.9 Å². The van der Waals surface area contributed by atoms with Crippen LogP contribution >= 0.6 is 35.0 Å². The zero-order valence-corrected chi connectivity index (χ0v) is 22.8. The third-order valence-electron chi connectivity index (χ3n) is 5.85. The Kier molecular flexibility index (Phi) is 10.4. The van der Waals surface area contributed by atoms with Gasteiger partial charge in [0.15, 0.2) is 6.61 Å². The first-order valence-corrected chi connectivity index (χ1v) is 13.2. The number of aryl methyl sites for hydroxylation is 1. The van der Waals surface area contributed by atoms with Gasteiger partial charge in [0, 0.05) is 28.4 Å². The van der Waals surface area contributed by atoms with Crippen molar-refractivity contribution in [2.24, 2.45) is 0 Å². The van der Waals surface area contributed by atoms with Gasteiger partial charge in [0.25, 0.3) is 5.91 Å². The van der Waals surface area contributed by atoms with Gasteiger partial charge in [-0.05, 0) is 61.9 Å². The number of esters is 2. The summed E-state index contributed by atoms with van der Waals surface area (Å²) in [5.74, 6) is 0.933. The molecule has 1 aromatic heterocycles. The Hall–Kier alpha value is -2.99. The molecule has 1 aliphatic carbocycles. The second-order valence-corrected chi connectivity index (χ2v) is 10.1. The average Bonchev–Trinajstić information content (AvgIpc) is 2.90. The number of amides is 1. The van der Waals surface area contributed by atoms with Crippen LogP contribution in [-0.4, -0.2) is 42.3 Å². The van der Waals surface area contributed by atoms with Crippen molar-refractivity contribution >= 4 is 58.5 Å². The van der Waals surface area contributed by atoms with Gasteiger partial charge in [0.2, 0.25) is 0 Å². The smallest absolute Gasteiger partial charge is 0.335 e. The number of hydrogen-bond acceptors (Lipinski definition) is 7. The Morgan fingerprint density at radius 1 is 1.16 bits per heavy atom. The molecule has 1 aliphatic rings. The second-order valence-electron chi connectivity index (χ2n) is 8.24. The van der Waals surface area contributed by atoms with E-state index in [0.717, 1.165) is 24.0 Å². The van der Waals surface area contributed by atoms with Crippen molar-refractivity contribution in [2.75, 3.05) is 24.4 Å². The molecule has 0 saturated heterocycles. The van der Waals surface area contributed by atoms with Gasteiger partial charge in [-0.25, -0.2) is 4.79 Å². The SMILES string of the molecule is C#CCOC(=O)C1=C(C(=O)N(Cc2cnccc2C)c2cc(SCC(=O)OC)c(Cl)cc2Cl)CCCC1. The fraction of sp³-hybridized carbons (Fsp3) is 0.333. The molecule has 194 valence electrons. The summed E-state index contributed by atoms with van der Waals surface area (Å²) < 4.78 is 9.88. The summed E-state index contributed by atoms with van der Waals surface area (Å²) >= 11 is 14.2. The highest BCUT2D eigenvalue weighted by Gasteiger charge is 2.30. The number of hydrogen-bond donors (Lipinski definition) is 0. The summed E-state index contributed by atoms with van der Waals surface area (Å²) in [5, 5.41) is 0.582. The van der Waals surface area contributed by atoms with Crippen molar-refractivity contribution in [3.8, 4) is 12.3 Å². The molecule has 0 saturated carbocycles. The number of ether oxygens (including phenoxy) is 2. The minimum absolute atomic E-state index is 0.0310. The third kappa shape index (κ3) is 7.29. The predicted octanol–water partition coefficient (Wildman–Crippen LogP) is 5.54. The van der Waals surface area contributed by atoms with E-state index in [-0.39, 0.29) is 29.8 Å². The van der Waals surface area contributed by atoms with Gasteiger partial charge < -0.3 is 14.4 Å². The molecular formula is C27H26Cl2N2O5S. The van der Waals surface area contributed by atoms with Gasteiger partial charge in [-0.15, -0.1) is 18.2 Å². The molecule has 0 bridgehead atoms. The molecule has 1 aromatic carbocycles. The van der Waals surface area contributed by atoms with Crippen molar-refractivity contribution in [3.63, 3.8) is 0 Å². The highest BCUT2D eigenvalue weighted by Crippen LogP contribution is 2.39. The largest absolute Gasteiger partial charge is 0.468 e. The van der Waals surface area contributed by atoms with Crippen LogP contribution in [0.5, 0.6) is 0 Å². The van der Waals surface area contributed by atoms with Crippen LogP contribution < -0.4 is 4.90 Å². The van der Waals surface area contributed by atoms with E-state index in [1.54, 1.807) is 18.5 Å². The average molecular weight is 561 g/mol. The zero-order chi connectivity index (χ0) is 26.9. The highest BCUT2D eigenvalue weighted by molar-refractivity contribution is 8.00. The molecule has 37 heavy (non-hydrogen) atoms. The van der Waals surface area contributed by atoms with Crippen LogP contribution in [0.25, 0.3) is 0 Å². The van der Waals surface area contributed by atoms with Crippen LogP contribution in [0.3, 0.4) is 0 Å².